The number of methoxy groups -OCH3 is 1. The van der Waals surface area contributed by atoms with Gasteiger partial charge in [0, 0.05) is 5.69 Å². The van der Waals surface area contributed by atoms with Crippen LogP contribution in [0.15, 0.2) is 36.4 Å². The van der Waals surface area contributed by atoms with E-state index in [4.69, 9.17) is 4.74 Å². The first-order valence-electron chi connectivity index (χ1n) is 7.55. The summed E-state index contributed by atoms with van der Waals surface area (Å²) in [5.41, 5.74) is 1.64. The summed E-state index contributed by atoms with van der Waals surface area (Å²) in [6.45, 7) is 8.72. The lowest BCUT2D eigenvalue weighted by molar-refractivity contribution is -0.123. The minimum Gasteiger partial charge on any atom is -0.497 e. The molecule has 0 heterocycles. The molecule has 1 aromatic rings. The molecule has 2 aliphatic rings. The highest BCUT2D eigenvalue weighted by atomic mass is 16.5. The second kappa shape index (κ2) is 4.62. The quantitative estimate of drug-likeness (QED) is 0.852. The van der Waals surface area contributed by atoms with E-state index in [0.29, 0.717) is 5.92 Å². The van der Waals surface area contributed by atoms with Gasteiger partial charge in [0.2, 0.25) is 5.91 Å². The molecule has 2 aliphatic carbocycles. The van der Waals surface area contributed by atoms with Crippen molar-refractivity contribution in [3.05, 3.63) is 36.4 Å². The summed E-state index contributed by atoms with van der Waals surface area (Å²) in [6, 6.07) is 7.47. The Labute approximate surface area is 126 Å². The van der Waals surface area contributed by atoms with Gasteiger partial charge in [-0.05, 0) is 54.9 Å². The fraction of sp³-hybridized carbons (Fsp3) is 0.500. The molecule has 1 aromatic carbocycles. The maximum atomic E-state index is 12.8. The zero-order valence-electron chi connectivity index (χ0n) is 13.0. The predicted molar refractivity (Wildman–Crippen MR) is 84.3 cm³/mol. The van der Waals surface area contributed by atoms with Gasteiger partial charge in [-0.2, -0.15) is 0 Å². The number of carbonyl (C=O) groups excluding carboxylic acids is 1. The molecular formula is C18H23NO2. The van der Waals surface area contributed by atoms with Crippen molar-refractivity contribution < 1.29 is 9.53 Å². The SMILES string of the molecule is C=C1C(C)(C)[C@@H]2CC[C@@]1(C(=O)Nc1ccc(OC)cc1)C2. The van der Waals surface area contributed by atoms with Gasteiger partial charge in [-0.1, -0.05) is 26.0 Å². The van der Waals surface area contributed by atoms with Crippen molar-refractivity contribution in [2.75, 3.05) is 12.4 Å². The molecule has 0 aromatic heterocycles. The molecule has 112 valence electrons. The fourth-order valence-corrected chi connectivity index (χ4v) is 4.07. The van der Waals surface area contributed by atoms with Gasteiger partial charge >= 0.3 is 0 Å². The molecule has 1 N–H and O–H groups in total. The molecule has 2 fully saturated rings. The van der Waals surface area contributed by atoms with E-state index in [1.165, 1.54) is 0 Å². The molecule has 2 saturated carbocycles. The lowest BCUT2D eigenvalue weighted by Crippen LogP contribution is -2.37. The van der Waals surface area contributed by atoms with Crippen LogP contribution in [0.2, 0.25) is 0 Å². The van der Waals surface area contributed by atoms with E-state index >= 15 is 0 Å². The van der Waals surface area contributed by atoms with Crippen molar-refractivity contribution in [2.24, 2.45) is 16.7 Å². The molecule has 1 amide bonds. The second-order valence-corrected chi connectivity index (χ2v) is 6.90. The zero-order valence-corrected chi connectivity index (χ0v) is 13.0. The van der Waals surface area contributed by atoms with Gasteiger partial charge in [-0.3, -0.25) is 4.79 Å². The summed E-state index contributed by atoms with van der Waals surface area (Å²) >= 11 is 0. The third-order valence-electron chi connectivity index (χ3n) is 5.67. The Morgan fingerprint density at radius 3 is 2.52 bits per heavy atom. The number of hydrogen-bond acceptors (Lipinski definition) is 2. The third kappa shape index (κ3) is 1.98. The number of rotatable bonds is 3. The Hall–Kier alpha value is -1.77. The van der Waals surface area contributed by atoms with Crippen molar-refractivity contribution in [1.82, 2.24) is 0 Å². The van der Waals surface area contributed by atoms with Crippen LogP contribution in [0, 0.1) is 16.7 Å². The number of benzene rings is 1. The van der Waals surface area contributed by atoms with Crippen LogP contribution >= 0.6 is 0 Å². The Morgan fingerprint density at radius 1 is 1.33 bits per heavy atom. The summed E-state index contributed by atoms with van der Waals surface area (Å²) in [7, 11) is 1.63. The first-order chi connectivity index (χ1) is 9.90. The number of carbonyl (C=O) groups is 1. The molecule has 0 aliphatic heterocycles. The van der Waals surface area contributed by atoms with Gasteiger partial charge in [0.25, 0.3) is 0 Å². The van der Waals surface area contributed by atoms with E-state index in [2.05, 4.69) is 25.7 Å². The summed E-state index contributed by atoms with van der Waals surface area (Å²) in [5, 5.41) is 3.07. The molecule has 0 spiro atoms. The van der Waals surface area contributed by atoms with Gasteiger partial charge < -0.3 is 10.1 Å². The smallest absolute Gasteiger partial charge is 0.234 e. The van der Waals surface area contributed by atoms with E-state index in [-0.39, 0.29) is 16.7 Å². The van der Waals surface area contributed by atoms with Gasteiger partial charge in [0.15, 0.2) is 0 Å². The number of fused-ring (bicyclic) bond motifs is 2. The topological polar surface area (TPSA) is 38.3 Å². The van der Waals surface area contributed by atoms with Crippen molar-refractivity contribution in [2.45, 2.75) is 33.1 Å². The fourth-order valence-electron chi connectivity index (χ4n) is 4.07. The van der Waals surface area contributed by atoms with Crippen LogP contribution in [-0.4, -0.2) is 13.0 Å². The summed E-state index contributed by atoms with van der Waals surface area (Å²) < 4.78 is 5.14. The molecule has 3 heteroatoms. The van der Waals surface area contributed by atoms with E-state index < -0.39 is 0 Å². The molecule has 3 rings (SSSR count). The van der Waals surface area contributed by atoms with Gasteiger partial charge in [0.05, 0.1) is 12.5 Å². The van der Waals surface area contributed by atoms with Crippen LogP contribution in [0.4, 0.5) is 5.69 Å². The molecule has 0 saturated heterocycles. The van der Waals surface area contributed by atoms with Gasteiger partial charge in [-0.25, -0.2) is 0 Å². The van der Waals surface area contributed by atoms with Crippen molar-refractivity contribution in [3.8, 4) is 5.75 Å². The number of ether oxygens (including phenoxy) is 1. The first-order valence-corrected chi connectivity index (χ1v) is 7.55. The number of nitrogens with one attached hydrogen (secondary N) is 1. The van der Waals surface area contributed by atoms with Crippen molar-refractivity contribution in [1.29, 1.82) is 0 Å². The normalized spacial score (nSPS) is 29.5. The van der Waals surface area contributed by atoms with E-state index in [1.54, 1.807) is 7.11 Å². The largest absolute Gasteiger partial charge is 0.497 e. The molecular weight excluding hydrogens is 262 g/mol. The molecule has 2 bridgehead atoms. The Morgan fingerprint density at radius 2 is 2.00 bits per heavy atom. The second-order valence-electron chi connectivity index (χ2n) is 6.90. The minimum atomic E-state index is -0.367. The van der Waals surface area contributed by atoms with Crippen LogP contribution in [0.3, 0.4) is 0 Å². The lowest BCUT2D eigenvalue weighted by atomic mass is 9.68. The minimum absolute atomic E-state index is 0.0789. The Bertz CT molecular complexity index is 588. The summed E-state index contributed by atoms with van der Waals surface area (Å²) in [4.78, 5) is 12.8. The lowest BCUT2D eigenvalue weighted by Gasteiger charge is -2.37. The molecule has 2 atom stereocenters. The number of hydrogen-bond donors (Lipinski definition) is 1. The van der Waals surface area contributed by atoms with Crippen molar-refractivity contribution >= 4 is 11.6 Å². The van der Waals surface area contributed by atoms with Crippen LogP contribution in [0.5, 0.6) is 5.75 Å². The number of amides is 1. The average Bonchev–Trinajstić information content (AvgIpc) is 3.00. The van der Waals surface area contributed by atoms with Gasteiger partial charge in [0.1, 0.15) is 5.75 Å². The monoisotopic (exact) mass is 285 g/mol. The standard InChI is InChI=1S/C18H23NO2/c1-12-17(2,3)13-9-10-18(12,11-13)16(20)19-14-5-7-15(21-4)8-6-14/h5-8,13H,1,9-11H2,2-4H3,(H,19,20)/t13-,18-/m1/s1. The molecule has 0 unspecified atom stereocenters. The summed E-state index contributed by atoms with van der Waals surface area (Å²) in [5.74, 6) is 1.48. The van der Waals surface area contributed by atoms with Crippen LogP contribution in [0.1, 0.15) is 33.1 Å². The highest BCUT2D eigenvalue weighted by Crippen LogP contribution is 2.65. The predicted octanol–water partition coefficient (Wildman–Crippen LogP) is 4.02. The molecule has 21 heavy (non-hydrogen) atoms. The third-order valence-corrected chi connectivity index (χ3v) is 5.67. The Kier molecular flexibility index (Phi) is 3.12. The molecule has 3 nitrogen and oxygen atoms in total. The molecule has 0 radical (unpaired) electrons. The van der Waals surface area contributed by atoms with Gasteiger partial charge in [-0.15, -0.1) is 0 Å². The average molecular weight is 285 g/mol. The van der Waals surface area contributed by atoms with E-state index in [1.807, 2.05) is 24.3 Å². The highest BCUT2D eigenvalue weighted by molar-refractivity contribution is 5.98. The van der Waals surface area contributed by atoms with Crippen LogP contribution < -0.4 is 10.1 Å². The van der Waals surface area contributed by atoms with Crippen LogP contribution in [0.25, 0.3) is 0 Å². The summed E-state index contributed by atoms with van der Waals surface area (Å²) in [6.07, 6.45) is 3.00. The van der Waals surface area contributed by atoms with E-state index in [9.17, 15) is 4.79 Å². The van der Waals surface area contributed by atoms with Crippen LogP contribution in [-0.2, 0) is 4.79 Å². The first kappa shape index (κ1) is 14.2. The van der Waals surface area contributed by atoms with E-state index in [0.717, 1.165) is 36.3 Å². The number of anilines is 1. The Balaban J connectivity index is 1.81. The maximum absolute atomic E-state index is 12.8. The highest BCUT2D eigenvalue weighted by Gasteiger charge is 2.60. The maximum Gasteiger partial charge on any atom is 0.234 e. The van der Waals surface area contributed by atoms with Crippen molar-refractivity contribution in [3.63, 3.8) is 0 Å². The zero-order chi connectivity index (χ0) is 15.3.